The molecule has 0 aliphatic heterocycles. The van der Waals surface area contributed by atoms with Crippen LogP contribution in [0.3, 0.4) is 0 Å². The highest BCUT2D eigenvalue weighted by Crippen LogP contribution is 2.29. The summed E-state index contributed by atoms with van der Waals surface area (Å²) in [5.41, 5.74) is 3.70. The minimum atomic E-state index is 0.389. The predicted octanol–water partition coefficient (Wildman–Crippen LogP) is 2.34. The summed E-state index contributed by atoms with van der Waals surface area (Å²) < 4.78 is 1.99. The highest BCUT2D eigenvalue weighted by molar-refractivity contribution is 5.32. The van der Waals surface area contributed by atoms with Crippen molar-refractivity contribution in [3.8, 4) is 5.75 Å². The molecule has 0 fully saturated rings. The van der Waals surface area contributed by atoms with Gasteiger partial charge in [0.25, 0.3) is 0 Å². The second-order valence-corrected chi connectivity index (χ2v) is 5.45. The van der Waals surface area contributed by atoms with Crippen molar-refractivity contribution in [3.63, 3.8) is 0 Å². The molecule has 0 bridgehead atoms. The predicted molar refractivity (Wildman–Crippen MR) is 78.7 cm³/mol. The number of hydrogen-bond donors (Lipinski definition) is 2. The highest BCUT2D eigenvalue weighted by Gasteiger charge is 2.22. The van der Waals surface area contributed by atoms with Crippen LogP contribution in [0.2, 0.25) is 0 Å². The largest absolute Gasteiger partial charge is 0.508 e. The zero-order chi connectivity index (χ0) is 13.9. The van der Waals surface area contributed by atoms with Crippen LogP contribution in [-0.4, -0.2) is 21.4 Å². The molecular weight excluding hydrogens is 250 g/mol. The molecule has 0 radical (unpaired) electrons. The van der Waals surface area contributed by atoms with Gasteiger partial charge in [-0.3, -0.25) is 4.68 Å². The summed E-state index contributed by atoms with van der Waals surface area (Å²) in [5, 5.41) is 17.7. The number of benzene rings is 1. The molecule has 0 unspecified atom stereocenters. The Labute approximate surface area is 119 Å². The smallest absolute Gasteiger partial charge is 0.118 e. The zero-order valence-electron chi connectivity index (χ0n) is 11.8. The molecule has 1 aromatic heterocycles. The fourth-order valence-electron chi connectivity index (χ4n) is 3.02. The average molecular weight is 271 g/mol. The molecule has 106 valence electrons. The van der Waals surface area contributed by atoms with E-state index in [4.69, 9.17) is 0 Å². The van der Waals surface area contributed by atoms with E-state index in [-0.39, 0.29) is 0 Å². The van der Waals surface area contributed by atoms with Crippen molar-refractivity contribution in [1.82, 2.24) is 15.1 Å². The number of para-hydroxylation sites is 1. The number of nitrogens with zero attached hydrogens (tertiary/aromatic N) is 2. The van der Waals surface area contributed by atoms with Gasteiger partial charge in [-0.05, 0) is 43.9 Å². The Bertz CT molecular complexity index is 591. The van der Waals surface area contributed by atoms with Gasteiger partial charge in [-0.2, -0.15) is 5.10 Å². The first-order valence-electron chi connectivity index (χ1n) is 7.26. The van der Waals surface area contributed by atoms with Gasteiger partial charge in [-0.25, -0.2) is 0 Å². The summed E-state index contributed by atoms with van der Waals surface area (Å²) in [6, 6.07) is 7.95. The van der Waals surface area contributed by atoms with Crippen molar-refractivity contribution in [1.29, 1.82) is 0 Å². The summed E-state index contributed by atoms with van der Waals surface area (Å²) in [4.78, 5) is 0. The van der Waals surface area contributed by atoms with E-state index in [0.29, 0.717) is 11.8 Å². The molecular formula is C16H21N3O. The monoisotopic (exact) mass is 271 g/mol. The number of fused-ring (bicyclic) bond motifs is 1. The first-order valence-corrected chi connectivity index (χ1v) is 7.26. The number of phenols is 1. The fraction of sp³-hybridized carbons (Fsp3) is 0.438. The van der Waals surface area contributed by atoms with Gasteiger partial charge >= 0.3 is 0 Å². The van der Waals surface area contributed by atoms with Gasteiger partial charge < -0.3 is 10.4 Å². The normalized spacial score (nSPS) is 17.9. The van der Waals surface area contributed by atoms with Crippen molar-refractivity contribution in [2.45, 2.75) is 31.7 Å². The van der Waals surface area contributed by atoms with Crippen molar-refractivity contribution < 1.29 is 5.11 Å². The quantitative estimate of drug-likeness (QED) is 0.897. The van der Waals surface area contributed by atoms with Crippen LogP contribution in [0.15, 0.2) is 30.5 Å². The minimum absolute atomic E-state index is 0.389. The van der Waals surface area contributed by atoms with E-state index in [1.165, 1.54) is 24.1 Å². The van der Waals surface area contributed by atoms with Crippen molar-refractivity contribution in [2.24, 2.45) is 7.05 Å². The molecule has 3 rings (SSSR count). The number of rotatable bonds is 4. The second-order valence-electron chi connectivity index (χ2n) is 5.45. The molecule has 0 spiro atoms. The van der Waals surface area contributed by atoms with E-state index in [0.717, 1.165) is 24.9 Å². The van der Waals surface area contributed by atoms with Gasteiger partial charge in [0, 0.05) is 24.3 Å². The topological polar surface area (TPSA) is 50.1 Å². The Hall–Kier alpha value is -1.81. The van der Waals surface area contributed by atoms with Crippen LogP contribution in [0.5, 0.6) is 5.75 Å². The maximum atomic E-state index is 9.77. The Morgan fingerprint density at radius 2 is 2.25 bits per heavy atom. The first kappa shape index (κ1) is 13.2. The molecule has 0 saturated carbocycles. The summed E-state index contributed by atoms with van der Waals surface area (Å²) >= 11 is 0. The fourth-order valence-corrected chi connectivity index (χ4v) is 3.02. The SMILES string of the molecule is Cn1ncc2c1CCC[C@@H]2NCCc1ccccc1O. The maximum Gasteiger partial charge on any atom is 0.118 e. The average Bonchev–Trinajstić information content (AvgIpc) is 2.84. The third-order valence-electron chi connectivity index (χ3n) is 4.15. The lowest BCUT2D eigenvalue weighted by atomic mass is 9.93. The first-order chi connectivity index (χ1) is 9.75. The van der Waals surface area contributed by atoms with Crippen LogP contribution in [-0.2, 0) is 19.9 Å². The van der Waals surface area contributed by atoms with E-state index in [1.807, 2.05) is 36.1 Å². The highest BCUT2D eigenvalue weighted by atomic mass is 16.3. The Morgan fingerprint density at radius 1 is 1.40 bits per heavy atom. The van der Waals surface area contributed by atoms with Crippen molar-refractivity contribution in [3.05, 3.63) is 47.3 Å². The number of aryl methyl sites for hydroxylation is 1. The van der Waals surface area contributed by atoms with Crippen molar-refractivity contribution in [2.75, 3.05) is 6.54 Å². The van der Waals surface area contributed by atoms with Gasteiger partial charge in [0.2, 0.25) is 0 Å². The van der Waals surface area contributed by atoms with Gasteiger partial charge in [0.15, 0.2) is 0 Å². The Morgan fingerprint density at radius 3 is 3.10 bits per heavy atom. The number of aromatic nitrogens is 2. The molecule has 1 heterocycles. The molecule has 0 amide bonds. The molecule has 4 nitrogen and oxygen atoms in total. The number of aromatic hydroxyl groups is 1. The van der Waals surface area contributed by atoms with E-state index in [9.17, 15) is 5.11 Å². The molecule has 1 atom stereocenters. The molecule has 1 aliphatic carbocycles. The minimum Gasteiger partial charge on any atom is -0.508 e. The van der Waals surface area contributed by atoms with Crippen LogP contribution in [0, 0.1) is 0 Å². The molecule has 1 aromatic carbocycles. The molecule has 2 N–H and O–H groups in total. The standard InChI is InChI=1S/C16H21N3O/c1-19-15-7-4-6-14(13(15)11-18-19)17-10-9-12-5-2-3-8-16(12)20/h2-3,5,8,11,14,17,20H,4,6-7,9-10H2,1H3/t14-/m0/s1. The van der Waals surface area contributed by atoms with Crippen LogP contribution < -0.4 is 5.32 Å². The molecule has 1 aliphatic rings. The molecule has 2 aromatic rings. The third kappa shape index (κ3) is 2.56. The summed E-state index contributed by atoms with van der Waals surface area (Å²) in [7, 11) is 2.02. The lowest BCUT2D eigenvalue weighted by Gasteiger charge is -2.24. The van der Waals surface area contributed by atoms with E-state index in [1.54, 1.807) is 6.07 Å². The second kappa shape index (κ2) is 5.67. The van der Waals surface area contributed by atoms with Crippen LogP contribution in [0.4, 0.5) is 0 Å². The van der Waals surface area contributed by atoms with E-state index < -0.39 is 0 Å². The summed E-state index contributed by atoms with van der Waals surface area (Å²) in [5.74, 6) is 0.389. The molecule has 20 heavy (non-hydrogen) atoms. The lowest BCUT2D eigenvalue weighted by molar-refractivity contribution is 0.446. The van der Waals surface area contributed by atoms with Crippen LogP contribution in [0.1, 0.15) is 35.7 Å². The van der Waals surface area contributed by atoms with E-state index >= 15 is 0 Å². The Kier molecular flexibility index (Phi) is 3.74. The number of nitrogens with one attached hydrogen (secondary N) is 1. The van der Waals surface area contributed by atoms with Gasteiger partial charge in [-0.1, -0.05) is 18.2 Å². The molecule has 4 heteroatoms. The van der Waals surface area contributed by atoms with Crippen LogP contribution in [0.25, 0.3) is 0 Å². The number of hydrogen-bond acceptors (Lipinski definition) is 3. The zero-order valence-corrected chi connectivity index (χ0v) is 11.8. The maximum absolute atomic E-state index is 9.77. The summed E-state index contributed by atoms with van der Waals surface area (Å²) in [6.07, 6.45) is 6.34. The van der Waals surface area contributed by atoms with Crippen LogP contribution >= 0.6 is 0 Å². The summed E-state index contributed by atoms with van der Waals surface area (Å²) in [6.45, 7) is 0.872. The molecule has 0 saturated heterocycles. The van der Waals surface area contributed by atoms with Gasteiger partial charge in [0.1, 0.15) is 5.75 Å². The van der Waals surface area contributed by atoms with Gasteiger partial charge in [-0.15, -0.1) is 0 Å². The third-order valence-corrected chi connectivity index (χ3v) is 4.15. The lowest BCUT2D eigenvalue weighted by Crippen LogP contribution is -2.27. The van der Waals surface area contributed by atoms with E-state index in [2.05, 4.69) is 10.4 Å². The Balaban J connectivity index is 1.61. The number of phenolic OH excluding ortho intramolecular Hbond substituents is 1. The van der Waals surface area contributed by atoms with Gasteiger partial charge in [0.05, 0.1) is 6.20 Å². The van der Waals surface area contributed by atoms with Crippen molar-refractivity contribution >= 4 is 0 Å².